The lowest BCUT2D eigenvalue weighted by atomic mass is 9.89. The Morgan fingerprint density at radius 3 is 2.50 bits per heavy atom. The van der Waals surface area contributed by atoms with Crippen molar-refractivity contribution in [3.8, 4) is 0 Å². The highest BCUT2D eigenvalue weighted by Crippen LogP contribution is 2.32. The summed E-state index contributed by atoms with van der Waals surface area (Å²) in [6.45, 7) is 4.47. The molecular weight excluding hydrogens is 376 g/mol. The summed E-state index contributed by atoms with van der Waals surface area (Å²) in [5, 5.41) is -0.260. The molecule has 0 unspecified atom stereocenters. The second-order valence-corrected chi connectivity index (χ2v) is 11.0. The molecule has 7 heteroatoms. The van der Waals surface area contributed by atoms with Crippen molar-refractivity contribution in [1.82, 2.24) is 9.29 Å². The molecule has 2 saturated carbocycles. The Morgan fingerprint density at radius 1 is 1.11 bits per heavy atom. The van der Waals surface area contributed by atoms with Gasteiger partial charge >= 0.3 is 0 Å². The number of ether oxygens (including phenoxy) is 1. The number of pyridine rings is 1. The molecule has 0 aromatic carbocycles. The van der Waals surface area contributed by atoms with Gasteiger partial charge in [0.05, 0.1) is 24.0 Å². The number of rotatable bonds is 6. The minimum atomic E-state index is -3.32. The molecular formula is C21H32N2O4S. The lowest BCUT2D eigenvalue weighted by Gasteiger charge is -2.37. The molecule has 0 amide bonds. The van der Waals surface area contributed by atoms with Crippen LogP contribution in [-0.4, -0.2) is 37.0 Å². The zero-order valence-electron chi connectivity index (χ0n) is 16.9. The number of hydrogen-bond acceptors (Lipinski definition) is 4. The van der Waals surface area contributed by atoms with E-state index in [9.17, 15) is 13.2 Å². The highest BCUT2D eigenvalue weighted by atomic mass is 32.2. The van der Waals surface area contributed by atoms with Crippen LogP contribution in [-0.2, 0) is 21.2 Å². The third-order valence-electron chi connectivity index (χ3n) is 6.64. The summed E-state index contributed by atoms with van der Waals surface area (Å²) in [4.78, 5) is 12.9. The van der Waals surface area contributed by atoms with Gasteiger partial charge in [0.1, 0.15) is 0 Å². The fraction of sp³-hybridized carbons (Fsp3) is 0.762. The van der Waals surface area contributed by atoms with Crippen LogP contribution >= 0.6 is 0 Å². The lowest BCUT2D eigenvalue weighted by Crippen LogP contribution is -2.50. The fourth-order valence-corrected chi connectivity index (χ4v) is 6.23. The van der Waals surface area contributed by atoms with Crippen molar-refractivity contribution in [1.29, 1.82) is 0 Å². The van der Waals surface area contributed by atoms with Crippen LogP contribution in [0.15, 0.2) is 16.9 Å². The number of sulfonamides is 1. The Balaban J connectivity index is 1.57. The van der Waals surface area contributed by atoms with Gasteiger partial charge in [-0.1, -0.05) is 13.0 Å². The Kier molecular flexibility index (Phi) is 5.69. The molecule has 0 spiro atoms. The van der Waals surface area contributed by atoms with Crippen LogP contribution in [0, 0.1) is 12.8 Å². The lowest BCUT2D eigenvalue weighted by molar-refractivity contribution is -0.00539. The van der Waals surface area contributed by atoms with E-state index < -0.39 is 10.0 Å². The van der Waals surface area contributed by atoms with Crippen LogP contribution < -0.4 is 10.3 Å². The molecule has 6 nitrogen and oxygen atoms in total. The summed E-state index contributed by atoms with van der Waals surface area (Å²) < 4.78 is 36.1. The van der Waals surface area contributed by atoms with E-state index in [0.717, 1.165) is 37.3 Å². The normalized spacial score (nSPS) is 30.8. The van der Waals surface area contributed by atoms with E-state index in [4.69, 9.17) is 4.74 Å². The number of nitrogens with one attached hydrogen (secondary N) is 1. The number of fused-ring (bicyclic) bond motifs is 1. The third kappa shape index (κ3) is 4.21. The topological polar surface area (TPSA) is 77.4 Å². The summed E-state index contributed by atoms with van der Waals surface area (Å²) >= 11 is 0. The Labute approximate surface area is 167 Å². The molecule has 2 fully saturated rings. The molecule has 2 heterocycles. The van der Waals surface area contributed by atoms with E-state index in [1.165, 1.54) is 12.8 Å². The predicted molar refractivity (Wildman–Crippen MR) is 109 cm³/mol. The third-order valence-corrected chi connectivity index (χ3v) is 8.62. The standard InChI is InChI=1S/C21H32N2O4S/c1-14-3-8-17(9-4-14)27-13-20-19(22-28(25,26)18-10-11-18)12-7-16-6-5-15(2)21(24)23(16)20/h5-6,14,17-20,22H,3-4,7-13H2,1-2H3/t14?,17?,19-,20-/m0/s1. The Hall–Kier alpha value is -1.18. The molecule has 2 aliphatic carbocycles. The quantitative estimate of drug-likeness (QED) is 0.785. The van der Waals surface area contributed by atoms with Gasteiger partial charge in [0.25, 0.3) is 5.56 Å². The smallest absolute Gasteiger partial charge is 0.254 e. The van der Waals surface area contributed by atoms with Gasteiger partial charge in [-0.05, 0) is 70.3 Å². The molecule has 0 radical (unpaired) electrons. The van der Waals surface area contributed by atoms with Gasteiger partial charge in [-0.25, -0.2) is 13.1 Å². The van der Waals surface area contributed by atoms with Gasteiger partial charge in [0, 0.05) is 17.3 Å². The monoisotopic (exact) mass is 408 g/mol. The van der Waals surface area contributed by atoms with Crippen LogP contribution in [0.5, 0.6) is 0 Å². The minimum Gasteiger partial charge on any atom is -0.376 e. The van der Waals surface area contributed by atoms with Crippen LogP contribution in [0.25, 0.3) is 0 Å². The predicted octanol–water partition coefficient (Wildman–Crippen LogP) is 2.69. The van der Waals surface area contributed by atoms with Gasteiger partial charge < -0.3 is 9.30 Å². The van der Waals surface area contributed by atoms with Gasteiger partial charge in [-0.3, -0.25) is 4.79 Å². The van der Waals surface area contributed by atoms with E-state index in [-0.39, 0.29) is 29.0 Å². The molecule has 2 atom stereocenters. The highest BCUT2D eigenvalue weighted by Gasteiger charge is 2.40. The number of hydrogen-bond donors (Lipinski definition) is 1. The SMILES string of the molecule is Cc1ccc2n(c1=O)[C@@H](COC1CCC(C)CC1)[C@@H](NS(=O)(=O)C1CC1)CC2. The van der Waals surface area contributed by atoms with E-state index in [1.807, 2.05) is 19.1 Å². The first kappa shape index (κ1) is 20.1. The molecule has 156 valence electrons. The molecule has 0 bridgehead atoms. The second kappa shape index (κ2) is 7.92. The van der Waals surface area contributed by atoms with Gasteiger partial charge in [0.15, 0.2) is 0 Å². The van der Waals surface area contributed by atoms with Crippen LogP contribution in [0.2, 0.25) is 0 Å². The first-order valence-electron chi connectivity index (χ1n) is 10.7. The van der Waals surface area contributed by atoms with Crippen molar-refractivity contribution >= 4 is 10.0 Å². The zero-order valence-corrected chi connectivity index (χ0v) is 17.7. The fourth-order valence-electron chi connectivity index (χ4n) is 4.58. The van der Waals surface area contributed by atoms with Crippen molar-refractivity contribution in [2.45, 2.75) is 88.7 Å². The average Bonchev–Trinajstić information content (AvgIpc) is 3.51. The van der Waals surface area contributed by atoms with Crippen molar-refractivity contribution in [2.75, 3.05) is 6.61 Å². The molecule has 4 rings (SSSR count). The summed E-state index contributed by atoms with van der Waals surface area (Å²) in [5.74, 6) is 0.749. The van der Waals surface area contributed by atoms with Gasteiger partial charge in [-0.15, -0.1) is 0 Å². The zero-order chi connectivity index (χ0) is 19.9. The number of aromatic nitrogens is 1. The molecule has 1 aliphatic heterocycles. The van der Waals surface area contributed by atoms with Gasteiger partial charge in [-0.2, -0.15) is 0 Å². The summed E-state index contributed by atoms with van der Waals surface area (Å²) in [6, 6.07) is 3.28. The maximum Gasteiger partial charge on any atom is 0.254 e. The molecule has 3 aliphatic rings. The minimum absolute atomic E-state index is 0.0290. The summed E-state index contributed by atoms with van der Waals surface area (Å²) in [6.07, 6.45) is 7.51. The molecule has 1 aromatic heterocycles. The van der Waals surface area contributed by atoms with E-state index >= 15 is 0 Å². The van der Waals surface area contributed by atoms with Crippen molar-refractivity contribution in [3.05, 3.63) is 33.7 Å². The van der Waals surface area contributed by atoms with Crippen LogP contribution in [0.4, 0.5) is 0 Å². The second-order valence-electron chi connectivity index (χ2n) is 8.97. The van der Waals surface area contributed by atoms with Crippen molar-refractivity contribution < 1.29 is 13.2 Å². The molecule has 1 aromatic rings. The number of nitrogens with zero attached hydrogens (tertiary/aromatic N) is 1. The molecule has 1 N–H and O–H groups in total. The first-order chi connectivity index (χ1) is 13.3. The van der Waals surface area contributed by atoms with E-state index in [0.29, 0.717) is 25.0 Å². The first-order valence-corrected chi connectivity index (χ1v) is 12.2. The Morgan fingerprint density at radius 2 is 1.82 bits per heavy atom. The Bertz CT molecular complexity index is 867. The highest BCUT2D eigenvalue weighted by molar-refractivity contribution is 7.90. The summed E-state index contributed by atoms with van der Waals surface area (Å²) in [7, 11) is -3.32. The number of aryl methyl sites for hydroxylation is 2. The van der Waals surface area contributed by atoms with Crippen molar-refractivity contribution in [3.63, 3.8) is 0 Å². The van der Waals surface area contributed by atoms with Crippen LogP contribution in [0.1, 0.15) is 69.2 Å². The van der Waals surface area contributed by atoms with E-state index in [2.05, 4.69) is 11.6 Å². The van der Waals surface area contributed by atoms with Gasteiger partial charge in [0.2, 0.25) is 10.0 Å². The average molecular weight is 409 g/mol. The molecule has 0 saturated heterocycles. The maximum absolute atomic E-state index is 12.9. The van der Waals surface area contributed by atoms with Crippen molar-refractivity contribution in [2.24, 2.45) is 5.92 Å². The molecule has 28 heavy (non-hydrogen) atoms. The maximum atomic E-state index is 12.9. The van der Waals surface area contributed by atoms with E-state index in [1.54, 1.807) is 4.57 Å². The summed E-state index contributed by atoms with van der Waals surface area (Å²) in [5.41, 5.74) is 1.63. The largest absolute Gasteiger partial charge is 0.376 e. The van der Waals surface area contributed by atoms with Crippen LogP contribution in [0.3, 0.4) is 0 Å².